The van der Waals surface area contributed by atoms with Gasteiger partial charge in [-0.05, 0) is 24.1 Å². The van der Waals surface area contributed by atoms with E-state index in [0.29, 0.717) is 12.2 Å². The largest absolute Gasteiger partial charge is 0.489 e. The van der Waals surface area contributed by atoms with Crippen molar-refractivity contribution in [2.24, 2.45) is 5.16 Å². The Morgan fingerprint density at radius 3 is 2.58 bits per heavy atom. The number of aryl methyl sites for hydroxylation is 1. The van der Waals surface area contributed by atoms with Gasteiger partial charge in [0.15, 0.2) is 5.71 Å². The second-order valence-corrected chi connectivity index (χ2v) is 5.58. The van der Waals surface area contributed by atoms with Crippen molar-refractivity contribution in [3.05, 3.63) is 65.2 Å². The predicted molar refractivity (Wildman–Crippen MR) is 97.2 cm³/mol. The van der Waals surface area contributed by atoms with Gasteiger partial charge in [-0.3, -0.25) is 9.52 Å². The third kappa shape index (κ3) is 4.52. The van der Waals surface area contributed by atoms with Gasteiger partial charge in [-0.2, -0.15) is 0 Å². The molecule has 0 aliphatic rings. The molecule has 2 aromatic rings. The van der Waals surface area contributed by atoms with E-state index in [9.17, 15) is 4.79 Å². The van der Waals surface area contributed by atoms with Gasteiger partial charge >= 0.3 is 0 Å². The number of hydrogen-bond donors (Lipinski definition) is 1. The Kier molecular flexibility index (Phi) is 6.69. The summed E-state index contributed by atoms with van der Waals surface area (Å²) in [7, 11) is 1.42. The lowest BCUT2D eigenvalue weighted by molar-refractivity contribution is -0.113. The number of ether oxygens (including phenoxy) is 1. The molecule has 1 N–H and O–H groups in total. The molecule has 0 aliphatic heterocycles. The first kappa shape index (κ1) is 17.9. The van der Waals surface area contributed by atoms with Gasteiger partial charge in [0.25, 0.3) is 5.91 Å². The van der Waals surface area contributed by atoms with E-state index in [1.54, 1.807) is 6.26 Å². The maximum absolute atomic E-state index is 12.2. The summed E-state index contributed by atoms with van der Waals surface area (Å²) in [5.41, 5.74) is 2.81. The monoisotopic (exact) mass is 344 g/mol. The molecular weight excluding hydrogens is 324 g/mol. The van der Waals surface area contributed by atoms with Crippen molar-refractivity contribution in [3.63, 3.8) is 0 Å². The van der Waals surface area contributed by atoms with Crippen LogP contribution in [0.1, 0.15) is 16.7 Å². The molecule has 0 aliphatic carbocycles. The molecule has 0 aromatic heterocycles. The molecule has 0 saturated carbocycles. The van der Waals surface area contributed by atoms with Crippen molar-refractivity contribution >= 4 is 23.6 Å². The van der Waals surface area contributed by atoms with E-state index in [2.05, 4.69) is 9.88 Å². The van der Waals surface area contributed by atoms with Gasteiger partial charge in [-0.1, -0.05) is 59.6 Å². The number of benzene rings is 2. The topological polar surface area (TPSA) is 59.9 Å². The summed E-state index contributed by atoms with van der Waals surface area (Å²) >= 11 is 1.21. The Labute approximate surface area is 146 Å². The minimum atomic E-state index is -0.312. The van der Waals surface area contributed by atoms with Crippen molar-refractivity contribution in [1.82, 2.24) is 4.72 Å². The first-order chi connectivity index (χ1) is 11.7. The van der Waals surface area contributed by atoms with Gasteiger partial charge in [0, 0.05) is 11.8 Å². The molecule has 6 heteroatoms. The molecule has 5 nitrogen and oxygen atoms in total. The Balaban J connectivity index is 2.27. The molecule has 2 aromatic carbocycles. The summed E-state index contributed by atoms with van der Waals surface area (Å²) in [4.78, 5) is 17.1. The predicted octanol–water partition coefficient (Wildman–Crippen LogP) is 3.32. The first-order valence-corrected chi connectivity index (χ1v) is 8.61. The minimum absolute atomic E-state index is 0.218. The number of amides is 1. The van der Waals surface area contributed by atoms with Crippen LogP contribution in [0.2, 0.25) is 0 Å². The van der Waals surface area contributed by atoms with Gasteiger partial charge in [-0.15, -0.1) is 0 Å². The van der Waals surface area contributed by atoms with Crippen molar-refractivity contribution in [3.8, 4) is 5.75 Å². The van der Waals surface area contributed by atoms with Crippen molar-refractivity contribution < 1.29 is 14.4 Å². The van der Waals surface area contributed by atoms with E-state index in [-0.39, 0.29) is 11.6 Å². The lowest BCUT2D eigenvalue weighted by Crippen LogP contribution is -2.28. The Morgan fingerprint density at radius 2 is 1.88 bits per heavy atom. The number of carbonyl (C=O) groups excluding carboxylic acids is 1. The first-order valence-electron chi connectivity index (χ1n) is 7.38. The molecule has 0 unspecified atom stereocenters. The van der Waals surface area contributed by atoms with E-state index >= 15 is 0 Å². The second kappa shape index (κ2) is 8.98. The number of nitrogens with zero attached hydrogens (tertiary/aromatic N) is 1. The lowest BCUT2D eigenvalue weighted by Gasteiger charge is -2.13. The standard InChI is InChI=1S/C18H20N2O3S/c1-13-8-4-7-11-16(13)23-12-14-9-5-6-10-15(14)17(19-22-2)18(21)20-24-3/h4-11H,12H2,1-3H3,(H,20,21). The zero-order valence-electron chi connectivity index (χ0n) is 13.9. The Morgan fingerprint density at radius 1 is 1.17 bits per heavy atom. The van der Waals surface area contributed by atoms with E-state index in [0.717, 1.165) is 16.9 Å². The summed E-state index contributed by atoms with van der Waals surface area (Å²) in [5, 5.41) is 3.88. The maximum Gasteiger partial charge on any atom is 0.283 e. The van der Waals surface area contributed by atoms with Crippen LogP contribution in [-0.4, -0.2) is 25.0 Å². The minimum Gasteiger partial charge on any atom is -0.489 e. The molecule has 0 saturated heterocycles. The third-order valence-electron chi connectivity index (χ3n) is 3.34. The van der Waals surface area contributed by atoms with Gasteiger partial charge in [-0.25, -0.2) is 0 Å². The van der Waals surface area contributed by atoms with Crippen molar-refractivity contribution in [2.45, 2.75) is 13.5 Å². The van der Waals surface area contributed by atoms with Crippen molar-refractivity contribution in [1.29, 1.82) is 0 Å². The van der Waals surface area contributed by atoms with Crippen LogP contribution in [-0.2, 0) is 16.2 Å². The summed E-state index contributed by atoms with van der Waals surface area (Å²) in [6.45, 7) is 2.32. The van der Waals surface area contributed by atoms with E-state index < -0.39 is 0 Å². The van der Waals surface area contributed by atoms with Crippen LogP contribution in [0.25, 0.3) is 0 Å². The van der Waals surface area contributed by atoms with Gasteiger partial charge in [0.1, 0.15) is 19.5 Å². The van der Waals surface area contributed by atoms with Crippen LogP contribution in [0.5, 0.6) is 5.75 Å². The number of rotatable bonds is 7. The molecule has 0 heterocycles. The van der Waals surface area contributed by atoms with E-state index in [1.165, 1.54) is 19.1 Å². The maximum atomic E-state index is 12.2. The van der Waals surface area contributed by atoms with E-state index in [1.807, 2.05) is 55.5 Å². The third-order valence-corrected chi connectivity index (χ3v) is 3.73. The molecule has 0 bridgehead atoms. The molecule has 24 heavy (non-hydrogen) atoms. The van der Waals surface area contributed by atoms with Gasteiger partial charge in [0.05, 0.1) is 0 Å². The molecule has 126 valence electrons. The fourth-order valence-corrected chi connectivity index (χ4v) is 2.48. The highest BCUT2D eigenvalue weighted by molar-refractivity contribution is 7.97. The number of para-hydroxylation sites is 1. The highest BCUT2D eigenvalue weighted by Crippen LogP contribution is 2.19. The van der Waals surface area contributed by atoms with Crippen molar-refractivity contribution in [2.75, 3.05) is 13.4 Å². The number of oxime groups is 1. The quantitative estimate of drug-likeness (QED) is 0.475. The smallest absolute Gasteiger partial charge is 0.283 e. The van der Waals surface area contributed by atoms with E-state index in [4.69, 9.17) is 9.57 Å². The van der Waals surface area contributed by atoms with Crippen LogP contribution in [0.15, 0.2) is 53.7 Å². The number of carbonyl (C=O) groups is 1. The summed E-state index contributed by atoms with van der Waals surface area (Å²) < 4.78 is 8.56. The molecule has 0 fully saturated rings. The van der Waals surface area contributed by atoms with Crippen LogP contribution in [0.4, 0.5) is 0 Å². The van der Waals surface area contributed by atoms with Crippen LogP contribution >= 0.6 is 11.9 Å². The van der Waals surface area contributed by atoms with Gasteiger partial charge in [0.2, 0.25) is 0 Å². The highest BCUT2D eigenvalue weighted by Gasteiger charge is 2.18. The molecule has 0 atom stereocenters. The van der Waals surface area contributed by atoms with Crippen LogP contribution in [0.3, 0.4) is 0 Å². The summed E-state index contributed by atoms with van der Waals surface area (Å²) in [5.74, 6) is 0.499. The second-order valence-electron chi connectivity index (χ2n) is 4.97. The number of nitrogens with one attached hydrogen (secondary N) is 1. The molecule has 1 amide bonds. The normalized spacial score (nSPS) is 11.0. The van der Waals surface area contributed by atoms with Gasteiger partial charge < -0.3 is 9.57 Å². The fourth-order valence-electron chi connectivity index (χ4n) is 2.20. The Bertz CT molecular complexity index is 732. The summed E-state index contributed by atoms with van der Waals surface area (Å²) in [6, 6.07) is 15.3. The summed E-state index contributed by atoms with van der Waals surface area (Å²) in [6.07, 6.45) is 1.77. The Hall–Kier alpha value is -2.47. The highest BCUT2D eigenvalue weighted by atomic mass is 32.2. The molecule has 0 radical (unpaired) electrons. The van der Waals surface area contributed by atoms with Crippen LogP contribution < -0.4 is 9.46 Å². The van der Waals surface area contributed by atoms with Crippen LogP contribution in [0, 0.1) is 6.92 Å². The molecular formula is C18H20N2O3S. The molecule has 0 spiro atoms. The lowest BCUT2D eigenvalue weighted by atomic mass is 10.0. The average molecular weight is 344 g/mol. The average Bonchev–Trinajstić information content (AvgIpc) is 2.59. The SMILES string of the molecule is CON=C(C(=O)NSC)c1ccccc1COc1ccccc1C. The number of hydrogen-bond acceptors (Lipinski definition) is 5. The zero-order chi connectivity index (χ0) is 17.4. The molecule has 2 rings (SSSR count). The zero-order valence-corrected chi connectivity index (χ0v) is 14.7. The fraction of sp³-hybridized carbons (Fsp3) is 0.222.